The standard InChI is InChI=1S/C22H22O4/c1-24-19-11-15(12-20(14-19)25-2)10-17-8-9-18(22(17)23)13-16-6-4-5-7-21(16)26-3/h4-7,10-14H,8-9H2,1-3H3. The molecule has 0 bridgehead atoms. The Labute approximate surface area is 153 Å². The van der Waals surface area contributed by atoms with Crippen molar-refractivity contribution in [3.63, 3.8) is 0 Å². The fourth-order valence-electron chi connectivity index (χ4n) is 3.07. The van der Waals surface area contributed by atoms with Crippen LogP contribution >= 0.6 is 0 Å². The van der Waals surface area contributed by atoms with Gasteiger partial charge in [0.25, 0.3) is 0 Å². The number of ether oxygens (including phenoxy) is 3. The molecule has 1 aliphatic rings. The molecule has 0 saturated heterocycles. The van der Waals surface area contributed by atoms with Crippen molar-refractivity contribution in [1.29, 1.82) is 0 Å². The first kappa shape index (κ1) is 17.8. The number of allylic oxidation sites excluding steroid dienone is 2. The highest BCUT2D eigenvalue weighted by atomic mass is 16.5. The molecule has 0 aliphatic heterocycles. The Balaban J connectivity index is 1.89. The number of rotatable bonds is 5. The molecule has 0 atom stereocenters. The lowest BCUT2D eigenvalue weighted by Crippen LogP contribution is -1.96. The zero-order chi connectivity index (χ0) is 18.5. The van der Waals surface area contributed by atoms with Gasteiger partial charge in [-0.2, -0.15) is 0 Å². The lowest BCUT2D eigenvalue weighted by Gasteiger charge is -2.06. The minimum atomic E-state index is 0.0812. The Hall–Kier alpha value is -3.01. The maximum atomic E-state index is 12.8. The first-order valence-electron chi connectivity index (χ1n) is 8.46. The van der Waals surface area contributed by atoms with Crippen molar-refractivity contribution in [2.45, 2.75) is 12.8 Å². The summed E-state index contributed by atoms with van der Waals surface area (Å²) >= 11 is 0. The summed E-state index contributed by atoms with van der Waals surface area (Å²) in [5.74, 6) is 2.25. The number of benzene rings is 2. The van der Waals surface area contributed by atoms with Crippen LogP contribution in [0.25, 0.3) is 12.2 Å². The van der Waals surface area contributed by atoms with E-state index in [0.717, 1.165) is 40.9 Å². The second kappa shape index (κ2) is 7.91. The fraction of sp³-hybridized carbons (Fsp3) is 0.227. The predicted molar refractivity (Wildman–Crippen MR) is 103 cm³/mol. The van der Waals surface area contributed by atoms with E-state index in [9.17, 15) is 4.79 Å². The SMILES string of the molecule is COc1cc(C=C2CCC(=Cc3ccccc3OC)C2=O)cc(OC)c1. The number of methoxy groups -OCH3 is 3. The van der Waals surface area contributed by atoms with Crippen molar-refractivity contribution >= 4 is 17.9 Å². The summed E-state index contributed by atoms with van der Waals surface area (Å²) < 4.78 is 16.0. The Morgan fingerprint density at radius 1 is 0.808 bits per heavy atom. The molecule has 0 spiro atoms. The highest BCUT2D eigenvalue weighted by Gasteiger charge is 2.23. The van der Waals surface area contributed by atoms with Gasteiger partial charge in [-0.05, 0) is 48.8 Å². The van der Waals surface area contributed by atoms with E-state index in [0.29, 0.717) is 11.5 Å². The van der Waals surface area contributed by atoms with Gasteiger partial charge >= 0.3 is 0 Å². The predicted octanol–water partition coefficient (Wildman–Crippen LogP) is 4.54. The third kappa shape index (κ3) is 3.80. The number of hydrogen-bond donors (Lipinski definition) is 0. The van der Waals surface area contributed by atoms with Gasteiger partial charge in [0.1, 0.15) is 17.2 Å². The van der Waals surface area contributed by atoms with Crippen LogP contribution < -0.4 is 14.2 Å². The maximum Gasteiger partial charge on any atom is 0.185 e. The van der Waals surface area contributed by atoms with Gasteiger partial charge in [-0.1, -0.05) is 18.2 Å². The molecule has 0 radical (unpaired) electrons. The lowest BCUT2D eigenvalue weighted by molar-refractivity contribution is -0.111. The van der Waals surface area contributed by atoms with Crippen LogP contribution in [0, 0.1) is 0 Å². The van der Waals surface area contributed by atoms with Gasteiger partial charge in [0.2, 0.25) is 0 Å². The molecule has 1 fully saturated rings. The van der Waals surface area contributed by atoms with E-state index in [1.807, 2.05) is 54.6 Å². The molecule has 0 heterocycles. The molecule has 1 saturated carbocycles. The average molecular weight is 350 g/mol. The molecule has 4 heteroatoms. The van der Waals surface area contributed by atoms with Crippen LogP contribution in [0.4, 0.5) is 0 Å². The van der Waals surface area contributed by atoms with Crippen LogP contribution in [0.2, 0.25) is 0 Å². The van der Waals surface area contributed by atoms with E-state index >= 15 is 0 Å². The smallest absolute Gasteiger partial charge is 0.185 e. The molecule has 26 heavy (non-hydrogen) atoms. The fourth-order valence-corrected chi connectivity index (χ4v) is 3.07. The molecule has 134 valence electrons. The molecule has 2 aromatic carbocycles. The number of ketones is 1. The number of Topliss-reactive ketones (excluding diaryl/α,β-unsaturated/α-hetero) is 1. The first-order valence-corrected chi connectivity index (χ1v) is 8.46. The molecule has 0 aromatic heterocycles. The van der Waals surface area contributed by atoms with Gasteiger partial charge in [0.15, 0.2) is 5.78 Å². The van der Waals surface area contributed by atoms with Crippen molar-refractivity contribution in [3.8, 4) is 17.2 Å². The van der Waals surface area contributed by atoms with Crippen molar-refractivity contribution in [2.75, 3.05) is 21.3 Å². The molecule has 0 unspecified atom stereocenters. The van der Waals surface area contributed by atoms with Crippen LogP contribution in [-0.2, 0) is 4.79 Å². The lowest BCUT2D eigenvalue weighted by atomic mass is 10.1. The quantitative estimate of drug-likeness (QED) is 0.743. The van der Waals surface area contributed by atoms with Gasteiger partial charge < -0.3 is 14.2 Å². The third-order valence-corrected chi connectivity index (χ3v) is 4.43. The molecular weight excluding hydrogens is 328 g/mol. The van der Waals surface area contributed by atoms with E-state index in [1.54, 1.807) is 21.3 Å². The highest BCUT2D eigenvalue weighted by Crippen LogP contribution is 2.32. The van der Waals surface area contributed by atoms with Crippen molar-refractivity contribution in [1.82, 2.24) is 0 Å². The maximum absolute atomic E-state index is 12.8. The van der Waals surface area contributed by atoms with Gasteiger partial charge in [-0.3, -0.25) is 4.79 Å². The third-order valence-electron chi connectivity index (χ3n) is 4.43. The number of carbonyl (C=O) groups is 1. The second-order valence-electron chi connectivity index (χ2n) is 6.06. The van der Waals surface area contributed by atoms with Gasteiger partial charge in [0, 0.05) is 22.8 Å². The topological polar surface area (TPSA) is 44.8 Å². The minimum Gasteiger partial charge on any atom is -0.497 e. The summed E-state index contributed by atoms with van der Waals surface area (Å²) in [6.45, 7) is 0. The highest BCUT2D eigenvalue weighted by molar-refractivity contribution is 6.15. The molecule has 3 rings (SSSR count). The molecule has 1 aliphatic carbocycles. The van der Waals surface area contributed by atoms with Crippen molar-refractivity contribution in [2.24, 2.45) is 0 Å². The second-order valence-corrected chi connectivity index (χ2v) is 6.06. The summed E-state index contributed by atoms with van der Waals surface area (Å²) in [5, 5.41) is 0. The number of hydrogen-bond acceptors (Lipinski definition) is 4. The van der Waals surface area contributed by atoms with Crippen LogP contribution in [0.15, 0.2) is 53.6 Å². The normalized spacial score (nSPS) is 17.0. The Kier molecular flexibility index (Phi) is 5.42. The van der Waals surface area contributed by atoms with Crippen LogP contribution in [-0.4, -0.2) is 27.1 Å². The van der Waals surface area contributed by atoms with Crippen molar-refractivity contribution < 1.29 is 19.0 Å². The van der Waals surface area contributed by atoms with E-state index in [-0.39, 0.29) is 5.78 Å². The first-order chi connectivity index (χ1) is 12.6. The largest absolute Gasteiger partial charge is 0.497 e. The number of para-hydroxylation sites is 1. The molecule has 2 aromatic rings. The van der Waals surface area contributed by atoms with E-state index in [1.165, 1.54) is 0 Å². The van der Waals surface area contributed by atoms with Crippen LogP contribution in [0.3, 0.4) is 0 Å². The van der Waals surface area contributed by atoms with Crippen LogP contribution in [0.5, 0.6) is 17.2 Å². The van der Waals surface area contributed by atoms with Gasteiger partial charge in [0.05, 0.1) is 21.3 Å². The number of carbonyl (C=O) groups excluding carboxylic acids is 1. The van der Waals surface area contributed by atoms with E-state index in [4.69, 9.17) is 14.2 Å². The van der Waals surface area contributed by atoms with Crippen LogP contribution in [0.1, 0.15) is 24.0 Å². The summed E-state index contributed by atoms with van der Waals surface area (Å²) in [5.41, 5.74) is 3.41. The van der Waals surface area contributed by atoms with Crippen molar-refractivity contribution in [3.05, 3.63) is 64.7 Å². The summed E-state index contributed by atoms with van der Waals surface area (Å²) in [6.07, 6.45) is 5.29. The molecule has 4 nitrogen and oxygen atoms in total. The Morgan fingerprint density at radius 2 is 1.42 bits per heavy atom. The average Bonchev–Trinajstić information content (AvgIpc) is 3.01. The van der Waals surface area contributed by atoms with Gasteiger partial charge in [-0.15, -0.1) is 0 Å². The van der Waals surface area contributed by atoms with Gasteiger partial charge in [-0.25, -0.2) is 0 Å². The Bertz CT molecular complexity index is 855. The van der Waals surface area contributed by atoms with E-state index in [2.05, 4.69) is 0 Å². The molecular formula is C22H22O4. The summed E-state index contributed by atoms with van der Waals surface area (Å²) in [7, 11) is 4.86. The molecule has 0 amide bonds. The summed E-state index contributed by atoms with van der Waals surface area (Å²) in [6, 6.07) is 13.3. The zero-order valence-electron chi connectivity index (χ0n) is 15.2. The Morgan fingerprint density at radius 3 is 2.04 bits per heavy atom. The van der Waals surface area contributed by atoms with E-state index < -0.39 is 0 Å². The minimum absolute atomic E-state index is 0.0812. The zero-order valence-corrected chi connectivity index (χ0v) is 15.2. The summed E-state index contributed by atoms with van der Waals surface area (Å²) in [4.78, 5) is 12.8. The monoisotopic (exact) mass is 350 g/mol. The molecule has 0 N–H and O–H groups in total.